The van der Waals surface area contributed by atoms with Gasteiger partial charge in [0.1, 0.15) is 17.6 Å². The molecule has 0 amide bonds. The largest absolute Gasteiger partial charge is 0.481 e. The molecule has 0 aliphatic carbocycles. The van der Waals surface area contributed by atoms with E-state index in [0.717, 1.165) is 48.3 Å². The van der Waals surface area contributed by atoms with Gasteiger partial charge in [-0.25, -0.2) is 4.79 Å². The van der Waals surface area contributed by atoms with Crippen molar-refractivity contribution in [2.24, 2.45) is 0 Å². The standard InChI is InChI=1S/C21H24N4O3/c1-14-9-16(10-15(2)20(14)28-13-19(26)27-3)11-17(12-22)21-24-23-18-7-5-4-6-8-25(18)21/h9-11H,4-8,13H2,1-3H3. The second-order valence-electron chi connectivity index (χ2n) is 6.92. The van der Waals surface area contributed by atoms with Crippen LogP contribution in [0.3, 0.4) is 0 Å². The summed E-state index contributed by atoms with van der Waals surface area (Å²) in [5.74, 6) is 1.80. The Kier molecular flexibility index (Phi) is 6.09. The average Bonchev–Trinajstić information content (AvgIpc) is 2.92. The highest BCUT2D eigenvalue weighted by Crippen LogP contribution is 2.27. The highest BCUT2D eigenvalue weighted by molar-refractivity contribution is 5.87. The van der Waals surface area contributed by atoms with Crippen molar-refractivity contribution < 1.29 is 14.3 Å². The van der Waals surface area contributed by atoms with Crippen LogP contribution in [0, 0.1) is 25.2 Å². The molecule has 0 N–H and O–H groups in total. The van der Waals surface area contributed by atoms with Gasteiger partial charge in [0.2, 0.25) is 0 Å². The lowest BCUT2D eigenvalue weighted by Gasteiger charge is -2.12. The third kappa shape index (κ3) is 4.22. The lowest BCUT2D eigenvalue weighted by Crippen LogP contribution is -2.13. The normalized spacial score (nSPS) is 14.0. The topological polar surface area (TPSA) is 90.0 Å². The molecule has 0 spiro atoms. The smallest absolute Gasteiger partial charge is 0.343 e. The average molecular weight is 380 g/mol. The summed E-state index contributed by atoms with van der Waals surface area (Å²) in [7, 11) is 1.33. The van der Waals surface area contributed by atoms with E-state index in [-0.39, 0.29) is 6.61 Å². The minimum absolute atomic E-state index is 0.136. The molecule has 0 saturated carbocycles. The van der Waals surface area contributed by atoms with E-state index in [1.165, 1.54) is 13.5 Å². The molecule has 146 valence electrons. The second kappa shape index (κ2) is 8.70. The minimum atomic E-state index is -0.429. The van der Waals surface area contributed by atoms with Gasteiger partial charge in [0.15, 0.2) is 12.4 Å². The van der Waals surface area contributed by atoms with Crippen LogP contribution in [0.5, 0.6) is 5.75 Å². The van der Waals surface area contributed by atoms with Gasteiger partial charge in [-0.15, -0.1) is 10.2 Å². The fourth-order valence-corrected chi connectivity index (χ4v) is 3.48. The third-order valence-electron chi connectivity index (χ3n) is 4.83. The van der Waals surface area contributed by atoms with E-state index >= 15 is 0 Å². The molecule has 0 bridgehead atoms. The highest BCUT2D eigenvalue weighted by Gasteiger charge is 2.18. The Bertz CT molecular complexity index is 930. The Balaban J connectivity index is 1.91. The molecule has 28 heavy (non-hydrogen) atoms. The number of rotatable bonds is 5. The molecule has 1 aromatic carbocycles. The van der Waals surface area contributed by atoms with Gasteiger partial charge in [-0.05, 0) is 61.6 Å². The molecular weight excluding hydrogens is 356 g/mol. The van der Waals surface area contributed by atoms with Gasteiger partial charge in [-0.3, -0.25) is 0 Å². The molecular formula is C21H24N4O3. The minimum Gasteiger partial charge on any atom is -0.481 e. The van der Waals surface area contributed by atoms with Crippen LogP contribution >= 0.6 is 0 Å². The van der Waals surface area contributed by atoms with Crippen molar-refractivity contribution in [3.8, 4) is 11.8 Å². The maximum Gasteiger partial charge on any atom is 0.343 e. The summed E-state index contributed by atoms with van der Waals surface area (Å²) in [6, 6.07) is 6.12. The number of methoxy groups -OCH3 is 1. The molecule has 7 nitrogen and oxygen atoms in total. The summed E-state index contributed by atoms with van der Waals surface area (Å²) in [5, 5.41) is 18.3. The molecule has 1 aliphatic heterocycles. The zero-order chi connectivity index (χ0) is 20.1. The quantitative estimate of drug-likeness (QED) is 0.584. The highest BCUT2D eigenvalue weighted by atomic mass is 16.6. The number of nitriles is 1. The van der Waals surface area contributed by atoms with Crippen LogP contribution < -0.4 is 4.74 Å². The summed E-state index contributed by atoms with van der Waals surface area (Å²) < 4.78 is 12.3. The van der Waals surface area contributed by atoms with E-state index < -0.39 is 5.97 Å². The number of nitrogens with zero attached hydrogens (tertiary/aromatic N) is 4. The van der Waals surface area contributed by atoms with Crippen molar-refractivity contribution in [2.75, 3.05) is 13.7 Å². The van der Waals surface area contributed by atoms with E-state index in [9.17, 15) is 10.1 Å². The number of ether oxygens (including phenoxy) is 2. The van der Waals surface area contributed by atoms with Crippen LogP contribution in [0.25, 0.3) is 11.6 Å². The SMILES string of the molecule is COC(=O)COc1c(C)cc(C=C(C#N)c2nnc3n2CCCCC3)cc1C. The van der Waals surface area contributed by atoms with Crippen LogP contribution in [-0.2, 0) is 22.5 Å². The van der Waals surface area contributed by atoms with E-state index in [1.807, 2.05) is 32.1 Å². The lowest BCUT2D eigenvalue weighted by molar-refractivity contribution is -0.142. The van der Waals surface area contributed by atoms with Crippen molar-refractivity contribution in [2.45, 2.75) is 46.1 Å². The van der Waals surface area contributed by atoms with Gasteiger partial charge in [-0.2, -0.15) is 5.26 Å². The van der Waals surface area contributed by atoms with Gasteiger partial charge < -0.3 is 14.0 Å². The van der Waals surface area contributed by atoms with Crippen molar-refractivity contribution in [1.29, 1.82) is 5.26 Å². The predicted octanol–water partition coefficient (Wildman–Crippen LogP) is 3.24. The first-order chi connectivity index (χ1) is 13.5. The summed E-state index contributed by atoms with van der Waals surface area (Å²) in [4.78, 5) is 11.3. The van der Waals surface area contributed by atoms with E-state index in [4.69, 9.17) is 4.74 Å². The Hall–Kier alpha value is -3.14. The maximum absolute atomic E-state index is 11.3. The van der Waals surface area contributed by atoms with Gasteiger partial charge >= 0.3 is 5.97 Å². The molecule has 0 fully saturated rings. The molecule has 2 heterocycles. The Labute approximate surface area is 164 Å². The first-order valence-corrected chi connectivity index (χ1v) is 9.38. The fraction of sp³-hybridized carbons (Fsp3) is 0.429. The Morgan fingerprint density at radius 1 is 1.25 bits per heavy atom. The monoisotopic (exact) mass is 380 g/mol. The number of fused-ring (bicyclic) bond motifs is 1. The summed E-state index contributed by atoms with van der Waals surface area (Å²) in [6.07, 6.45) is 6.07. The molecule has 3 rings (SSSR count). The lowest BCUT2D eigenvalue weighted by atomic mass is 10.0. The molecule has 7 heteroatoms. The maximum atomic E-state index is 11.3. The van der Waals surface area contributed by atoms with Gasteiger partial charge in [0.25, 0.3) is 0 Å². The number of hydrogen-bond acceptors (Lipinski definition) is 6. The Morgan fingerprint density at radius 3 is 2.68 bits per heavy atom. The summed E-state index contributed by atoms with van der Waals surface area (Å²) >= 11 is 0. The predicted molar refractivity (Wildman–Crippen MR) is 104 cm³/mol. The van der Waals surface area contributed by atoms with Gasteiger partial charge in [-0.1, -0.05) is 6.42 Å². The number of hydrogen-bond donors (Lipinski definition) is 0. The summed E-state index contributed by atoms with van der Waals surface area (Å²) in [6.45, 7) is 4.52. The molecule has 0 saturated heterocycles. The van der Waals surface area contributed by atoms with Crippen LogP contribution in [0.4, 0.5) is 0 Å². The number of aromatic nitrogens is 3. The molecule has 1 aromatic heterocycles. The zero-order valence-corrected chi connectivity index (χ0v) is 16.5. The van der Waals surface area contributed by atoms with E-state index in [1.54, 1.807) is 0 Å². The first kappa shape index (κ1) is 19.6. The third-order valence-corrected chi connectivity index (χ3v) is 4.83. The van der Waals surface area contributed by atoms with Gasteiger partial charge in [0, 0.05) is 13.0 Å². The second-order valence-corrected chi connectivity index (χ2v) is 6.92. The molecule has 2 aromatic rings. The van der Waals surface area contributed by atoms with Crippen molar-refractivity contribution in [1.82, 2.24) is 14.8 Å². The van der Waals surface area contributed by atoms with Crippen molar-refractivity contribution >= 4 is 17.6 Å². The van der Waals surface area contributed by atoms with Crippen molar-refractivity contribution in [3.63, 3.8) is 0 Å². The first-order valence-electron chi connectivity index (χ1n) is 9.38. The van der Waals surface area contributed by atoms with E-state index in [2.05, 4.69) is 25.6 Å². The summed E-state index contributed by atoms with van der Waals surface area (Å²) in [5.41, 5.74) is 3.13. The number of carbonyl (C=O) groups is 1. The molecule has 0 radical (unpaired) electrons. The fourth-order valence-electron chi connectivity index (χ4n) is 3.48. The number of allylic oxidation sites excluding steroid dienone is 1. The van der Waals surface area contributed by atoms with Crippen LogP contribution in [-0.4, -0.2) is 34.5 Å². The number of aryl methyl sites for hydroxylation is 3. The number of carbonyl (C=O) groups excluding carboxylic acids is 1. The van der Waals surface area contributed by atoms with Crippen LogP contribution in [0.2, 0.25) is 0 Å². The number of esters is 1. The zero-order valence-electron chi connectivity index (χ0n) is 16.5. The van der Waals surface area contributed by atoms with Crippen LogP contribution in [0.15, 0.2) is 12.1 Å². The van der Waals surface area contributed by atoms with Gasteiger partial charge in [0.05, 0.1) is 12.7 Å². The molecule has 0 atom stereocenters. The molecule has 0 unspecified atom stereocenters. The van der Waals surface area contributed by atoms with E-state index in [0.29, 0.717) is 17.1 Å². The molecule has 1 aliphatic rings. The Morgan fingerprint density at radius 2 is 2.00 bits per heavy atom. The van der Waals surface area contributed by atoms with Crippen molar-refractivity contribution in [3.05, 3.63) is 40.5 Å². The number of benzene rings is 1. The van der Waals surface area contributed by atoms with Crippen LogP contribution in [0.1, 0.15) is 47.6 Å².